The van der Waals surface area contributed by atoms with E-state index in [-0.39, 0.29) is 30.6 Å². The van der Waals surface area contributed by atoms with Crippen molar-refractivity contribution in [3.63, 3.8) is 0 Å². The van der Waals surface area contributed by atoms with Crippen molar-refractivity contribution in [2.75, 3.05) is 6.54 Å². The number of carboxylic acid groups (broad SMARTS) is 1. The van der Waals surface area contributed by atoms with E-state index >= 15 is 0 Å². The summed E-state index contributed by atoms with van der Waals surface area (Å²) in [4.78, 5) is 25.8. The Morgan fingerprint density at radius 1 is 1.17 bits per heavy atom. The number of benzene rings is 1. The Balaban J connectivity index is 1.69. The van der Waals surface area contributed by atoms with Gasteiger partial charge in [0, 0.05) is 18.0 Å². The van der Waals surface area contributed by atoms with E-state index < -0.39 is 5.97 Å². The van der Waals surface area contributed by atoms with Gasteiger partial charge >= 0.3 is 12.1 Å². The van der Waals surface area contributed by atoms with E-state index in [1.807, 2.05) is 30.3 Å². The van der Waals surface area contributed by atoms with Crippen LogP contribution in [0.4, 0.5) is 4.79 Å². The Morgan fingerprint density at radius 2 is 1.92 bits per heavy atom. The normalized spacial score (nSPS) is 26.5. The number of amides is 1. The zero-order valence-electron chi connectivity index (χ0n) is 13.9. The van der Waals surface area contributed by atoms with Crippen molar-refractivity contribution in [1.29, 1.82) is 0 Å². The number of carboxylic acids is 1. The molecule has 5 heteroatoms. The highest BCUT2D eigenvalue weighted by molar-refractivity contribution is 5.70. The number of carbonyl (C=O) groups excluding carboxylic acids is 1. The van der Waals surface area contributed by atoms with Gasteiger partial charge in [-0.25, -0.2) is 4.79 Å². The van der Waals surface area contributed by atoms with Crippen molar-refractivity contribution in [3.05, 3.63) is 35.9 Å². The maximum absolute atomic E-state index is 12.6. The summed E-state index contributed by atoms with van der Waals surface area (Å²) in [7, 11) is 0. The molecule has 0 bridgehead atoms. The standard InChI is InChI=1S/C19H25NO4/c21-17(22)13-19-10-5-4-9-16(19)20(12-6-11-19)18(23)24-14-15-7-2-1-3-8-15/h1-3,7-8,16H,4-6,9-14H2,(H,21,22)/t16-,19-/m1/s1. The molecule has 0 radical (unpaired) electrons. The molecule has 1 heterocycles. The first kappa shape index (κ1) is 16.8. The van der Waals surface area contributed by atoms with Crippen molar-refractivity contribution in [1.82, 2.24) is 4.90 Å². The lowest BCUT2D eigenvalue weighted by molar-refractivity contribution is -0.143. The summed E-state index contributed by atoms with van der Waals surface area (Å²) >= 11 is 0. The molecule has 24 heavy (non-hydrogen) atoms. The molecule has 1 amide bonds. The minimum absolute atomic E-state index is 0.000580. The zero-order valence-corrected chi connectivity index (χ0v) is 13.9. The summed E-state index contributed by atoms with van der Waals surface area (Å²) in [6.45, 7) is 0.925. The summed E-state index contributed by atoms with van der Waals surface area (Å²) in [5.41, 5.74) is 0.692. The molecule has 2 fully saturated rings. The van der Waals surface area contributed by atoms with Crippen LogP contribution in [0.15, 0.2) is 30.3 Å². The van der Waals surface area contributed by atoms with Crippen molar-refractivity contribution in [3.8, 4) is 0 Å². The molecule has 1 saturated heterocycles. The molecule has 1 saturated carbocycles. The first-order chi connectivity index (χ1) is 11.6. The SMILES string of the molecule is O=C(O)C[C@]12CCCC[C@H]1N(C(=O)OCc1ccccc1)CCC2. The number of hydrogen-bond acceptors (Lipinski definition) is 3. The molecule has 0 spiro atoms. The van der Waals surface area contributed by atoms with Crippen molar-refractivity contribution in [2.45, 2.75) is 57.6 Å². The molecule has 1 aliphatic heterocycles. The molecule has 1 aromatic carbocycles. The van der Waals surface area contributed by atoms with Crippen molar-refractivity contribution in [2.24, 2.45) is 5.41 Å². The fourth-order valence-electron chi connectivity index (χ4n) is 4.44. The summed E-state index contributed by atoms with van der Waals surface area (Å²) in [6, 6.07) is 9.63. The fraction of sp³-hybridized carbons (Fsp3) is 0.579. The van der Waals surface area contributed by atoms with Crippen LogP contribution in [0, 0.1) is 5.41 Å². The lowest BCUT2D eigenvalue weighted by Crippen LogP contribution is -2.56. The third kappa shape index (κ3) is 3.55. The Labute approximate surface area is 142 Å². The van der Waals surface area contributed by atoms with Crippen LogP contribution in [0.2, 0.25) is 0 Å². The monoisotopic (exact) mass is 331 g/mol. The topological polar surface area (TPSA) is 66.8 Å². The Bertz CT molecular complexity index is 584. The Kier molecular flexibility index (Phi) is 5.07. The quantitative estimate of drug-likeness (QED) is 0.911. The van der Waals surface area contributed by atoms with Gasteiger partial charge in [0.2, 0.25) is 0 Å². The number of piperidine rings is 1. The molecule has 0 unspecified atom stereocenters. The second kappa shape index (κ2) is 7.24. The van der Waals surface area contributed by atoms with E-state index in [0.29, 0.717) is 6.54 Å². The van der Waals surface area contributed by atoms with Gasteiger partial charge < -0.3 is 14.7 Å². The van der Waals surface area contributed by atoms with Gasteiger partial charge in [-0.15, -0.1) is 0 Å². The van der Waals surface area contributed by atoms with Crippen LogP contribution in [-0.2, 0) is 16.1 Å². The van der Waals surface area contributed by atoms with Crippen molar-refractivity contribution < 1.29 is 19.4 Å². The number of aliphatic carboxylic acids is 1. The second-order valence-electron chi connectivity index (χ2n) is 7.03. The highest BCUT2D eigenvalue weighted by Gasteiger charge is 2.48. The van der Waals surface area contributed by atoms with Gasteiger partial charge in [0.15, 0.2) is 0 Å². The molecule has 1 aliphatic carbocycles. The zero-order chi connectivity index (χ0) is 17.0. The van der Waals surface area contributed by atoms with Crippen LogP contribution in [0.1, 0.15) is 50.5 Å². The van der Waals surface area contributed by atoms with Crippen LogP contribution in [0.5, 0.6) is 0 Å². The summed E-state index contributed by atoms with van der Waals surface area (Å²) in [5, 5.41) is 9.34. The van der Waals surface area contributed by atoms with Gasteiger partial charge in [0.1, 0.15) is 6.61 Å². The first-order valence-corrected chi connectivity index (χ1v) is 8.80. The molecule has 1 N–H and O–H groups in total. The first-order valence-electron chi connectivity index (χ1n) is 8.80. The number of likely N-dealkylation sites (tertiary alicyclic amines) is 1. The highest BCUT2D eigenvalue weighted by atomic mass is 16.6. The molecule has 0 aromatic heterocycles. The number of fused-ring (bicyclic) bond motifs is 1. The van der Waals surface area contributed by atoms with Gasteiger partial charge in [0.25, 0.3) is 0 Å². The van der Waals surface area contributed by atoms with Gasteiger partial charge in [-0.05, 0) is 31.2 Å². The van der Waals surface area contributed by atoms with Crippen LogP contribution in [0.3, 0.4) is 0 Å². The molecule has 1 aromatic rings. The molecular weight excluding hydrogens is 306 g/mol. The van der Waals surface area contributed by atoms with E-state index in [4.69, 9.17) is 4.74 Å². The lowest BCUT2D eigenvalue weighted by atomic mass is 9.63. The third-order valence-electron chi connectivity index (χ3n) is 5.50. The summed E-state index contributed by atoms with van der Waals surface area (Å²) < 4.78 is 5.51. The Morgan fingerprint density at radius 3 is 2.67 bits per heavy atom. The maximum atomic E-state index is 12.6. The third-order valence-corrected chi connectivity index (χ3v) is 5.50. The number of ether oxygens (including phenoxy) is 1. The van der Waals surface area contributed by atoms with Crippen LogP contribution in [-0.4, -0.2) is 34.7 Å². The largest absolute Gasteiger partial charge is 0.481 e. The lowest BCUT2D eigenvalue weighted by Gasteiger charge is -2.51. The average Bonchev–Trinajstić information content (AvgIpc) is 2.59. The van der Waals surface area contributed by atoms with Gasteiger partial charge in [0.05, 0.1) is 6.42 Å². The van der Waals surface area contributed by atoms with E-state index in [9.17, 15) is 14.7 Å². The molecule has 130 valence electrons. The van der Waals surface area contributed by atoms with Crippen LogP contribution >= 0.6 is 0 Å². The summed E-state index contributed by atoms with van der Waals surface area (Å²) in [5.74, 6) is -0.763. The minimum atomic E-state index is -0.763. The van der Waals surface area contributed by atoms with E-state index in [0.717, 1.165) is 44.1 Å². The molecule has 3 rings (SSSR count). The number of hydrogen-bond donors (Lipinski definition) is 1. The highest BCUT2D eigenvalue weighted by Crippen LogP contribution is 2.48. The van der Waals surface area contributed by atoms with Crippen LogP contribution in [0.25, 0.3) is 0 Å². The average molecular weight is 331 g/mol. The summed E-state index contributed by atoms with van der Waals surface area (Å²) in [6.07, 6.45) is 5.47. The molecule has 2 atom stereocenters. The number of rotatable bonds is 4. The van der Waals surface area contributed by atoms with E-state index in [2.05, 4.69) is 0 Å². The van der Waals surface area contributed by atoms with Gasteiger partial charge in [-0.1, -0.05) is 43.2 Å². The van der Waals surface area contributed by atoms with Gasteiger partial charge in [-0.2, -0.15) is 0 Å². The smallest absolute Gasteiger partial charge is 0.410 e. The predicted octanol–water partition coefficient (Wildman–Crippen LogP) is 3.82. The molecule has 5 nitrogen and oxygen atoms in total. The molecular formula is C19H25NO4. The number of carbonyl (C=O) groups is 2. The fourth-order valence-corrected chi connectivity index (χ4v) is 4.44. The van der Waals surface area contributed by atoms with E-state index in [1.165, 1.54) is 0 Å². The number of nitrogens with zero attached hydrogens (tertiary/aromatic N) is 1. The van der Waals surface area contributed by atoms with Crippen LogP contribution < -0.4 is 0 Å². The Hall–Kier alpha value is -2.04. The predicted molar refractivity (Wildman–Crippen MR) is 89.5 cm³/mol. The molecule has 2 aliphatic rings. The van der Waals surface area contributed by atoms with Gasteiger partial charge in [-0.3, -0.25) is 4.79 Å². The second-order valence-corrected chi connectivity index (χ2v) is 7.03. The van der Waals surface area contributed by atoms with E-state index in [1.54, 1.807) is 4.90 Å². The maximum Gasteiger partial charge on any atom is 0.410 e. The minimum Gasteiger partial charge on any atom is -0.481 e. The van der Waals surface area contributed by atoms with Crippen molar-refractivity contribution >= 4 is 12.1 Å².